The lowest BCUT2D eigenvalue weighted by atomic mass is 10.2. The maximum Gasteiger partial charge on any atom is 0.264 e. The van der Waals surface area contributed by atoms with Crippen LogP contribution in [0.15, 0.2) is 77.7 Å². The number of amides is 1. The van der Waals surface area contributed by atoms with E-state index < -0.39 is 15.9 Å². The predicted octanol–water partition coefficient (Wildman–Crippen LogP) is 5.24. The fourth-order valence-corrected chi connectivity index (χ4v) is 5.06. The molecule has 0 aliphatic rings. The summed E-state index contributed by atoms with van der Waals surface area (Å²) in [6.45, 7) is 1.89. The molecule has 0 spiro atoms. The van der Waals surface area contributed by atoms with Crippen molar-refractivity contribution in [3.05, 3.63) is 88.9 Å². The third-order valence-corrected chi connectivity index (χ3v) is 7.83. The van der Waals surface area contributed by atoms with E-state index in [2.05, 4.69) is 15.5 Å². The van der Waals surface area contributed by atoms with Crippen LogP contribution in [0.4, 0.5) is 10.8 Å². The molecule has 1 amide bonds. The Labute approximate surface area is 200 Å². The number of sulfonamides is 1. The van der Waals surface area contributed by atoms with Crippen LogP contribution in [-0.2, 0) is 10.0 Å². The topological polar surface area (TPSA) is 92.3 Å². The van der Waals surface area contributed by atoms with Crippen LogP contribution in [0, 0.1) is 6.92 Å². The Morgan fingerprint density at radius 1 is 1.00 bits per heavy atom. The number of halogens is 1. The summed E-state index contributed by atoms with van der Waals surface area (Å²) in [6, 6.07) is 20.1. The van der Waals surface area contributed by atoms with Crippen molar-refractivity contribution in [3.63, 3.8) is 0 Å². The second-order valence-corrected chi connectivity index (χ2v) is 10.6. The summed E-state index contributed by atoms with van der Waals surface area (Å²) in [4.78, 5) is 13.0. The first-order valence-electron chi connectivity index (χ1n) is 9.80. The number of benzene rings is 3. The van der Waals surface area contributed by atoms with E-state index >= 15 is 0 Å². The molecule has 0 aliphatic carbocycles. The molecule has 3 aromatic carbocycles. The molecular weight excluding hydrogens is 480 g/mol. The average molecular weight is 499 g/mol. The van der Waals surface area contributed by atoms with Gasteiger partial charge in [0.2, 0.25) is 5.13 Å². The van der Waals surface area contributed by atoms with E-state index in [1.54, 1.807) is 54.6 Å². The minimum absolute atomic E-state index is 0.175. The first-order chi connectivity index (χ1) is 15.7. The number of carbonyl (C=O) groups excluding carboxylic acids is 1. The SMILES string of the molecule is Cc1ccc(S(=O)(=O)N(C)c2cccc(C(=O)Nc3nnc(-c4ccc(Cl)cc4)s3)c2)cc1. The summed E-state index contributed by atoms with van der Waals surface area (Å²) in [5, 5.41) is 12.4. The van der Waals surface area contributed by atoms with E-state index in [-0.39, 0.29) is 4.90 Å². The van der Waals surface area contributed by atoms with Crippen molar-refractivity contribution >= 4 is 49.7 Å². The van der Waals surface area contributed by atoms with Crippen LogP contribution >= 0.6 is 22.9 Å². The Balaban J connectivity index is 1.52. The van der Waals surface area contributed by atoms with Crippen molar-refractivity contribution in [3.8, 4) is 10.6 Å². The number of nitrogens with one attached hydrogen (secondary N) is 1. The van der Waals surface area contributed by atoms with E-state index in [0.29, 0.717) is 26.4 Å². The van der Waals surface area contributed by atoms with Gasteiger partial charge in [-0.15, -0.1) is 10.2 Å². The molecule has 4 rings (SSSR count). The van der Waals surface area contributed by atoms with Gasteiger partial charge in [0.1, 0.15) is 5.01 Å². The number of hydrogen-bond donors (Lipinski definition) is 1. The summed E-state index contributed by atoms with van der Waals surface area (Å²) >= 11 is 7.14. The van der Waals surface area contributed by atoms with E-state index in [1.807, 2.05) is 19.1 Å². The molecule has 1 heterocycles. The van der Waals surface area contributed by atoms with Crippen LogP contribution in [-0.4, -0.2) is 31.6 Å². The van der Waals surface area contributed by atoms with Gasteiger partial charge in [0.25, 0.3) is 15.9 Å². The molecule has 1 aromatic heterocycles. The largest absolute Gasteiger partial charge is 0.296 e. The third-order valence-electron chi connectivity index (χ3n) is 4.89. The molecular formula is C23H19ClN4O3S2. The van der Waals surface area contributed by atoms with Crippen LogP contribution in [0.2, 0.25) is 5.02 Å². The maximum atomic E-state index is 13.0. The first kappa shape index (κ1) is 22.9. The summed E-state index contributed by atoms with van der Waals surface area (Å²) in [5.74, 6) is -0.420. The lowest BCUT2D eigenvalue weighted by Gasteiger charge is -2.20. The molecule has 4 aromatic rings. The van der Waals surface area contributed by atoms with Crippen molar-refractivity contribution in [2.45, 2.75) is 11.8 Å². The smallest absolute Gasteiger partial charge is 0.264 e. The van der Waals surface area contributed by atoms with Crippen LogP contribution in [0.1, 0.15) is 15.9 Å². The molecule has 10 heteroatoms. The number of aromatic nitrogens is 2. The number of nitrogens with zero attached hydrogens (tertiary/aromatic N) is 3. The van der Waals surface area contributed by atoms with E-state index in [0.717, 1.165) is 15.4 Å². The molecule has 7 nitrogen and oxygen atoms in total. The Hall–Kier alpha value is -3.27. The van der Waals surface area contributed by atoms with Gasteiger partial charge >= 0.3 is 0 Å². The molecule has 0 saturated heterocycles. The molecule has 168 valence electrons. The normalized spacial score (nSPS) is 11.2. The van der Waals surface area contributed by atoms with Crippen LogP contribution < -0.4 is 9.62 Å². The first-order valence-corrected chi connectivity index (χ1v) is 12.4. The Kier molecular flexibility index (Phi) is 6.46. The monoisotopic (exact) mass is 498 g/mol. The van der Waals surface area contributed by atoms with Gasteiger partial charge in [-0.2, -0.15) is 0 Å². The molecule has 0 saturated carbocycles. The maximum absolute atomic E-state index is 13.0. The van der Waals surface area contributed by atoms with Crippen molar-refractivity contribution in [1.82, 2.24) is 10.2 Å². The van der Waals surface area contributed by atoms with Gasteiger partial charge in [0.05, 0.1) is 10.6 Å². The highest BCUT2D eigenvalue weighted by Gasteiger charge is 2.22. The van der Waals surface area contributed by atoms with E-state index in [9.17, 15) is 13.2 Å². The Morgan fingerprint density at radius 2 is 1.70 bits per heavy atom. The highest BCUT2D eigenvalue weighted by molar-refractivity contribution is 7.92. The van der Waals surface area contributed by atoms with Crippen LogP contribution in [0.25, 0.3) is 10.6 Å². The minimum Gasteiger partial charge on any atom is -0.296 e. The van der Waals surface area contributed by atoms with Gasteiger partial charge in [-0.3, -0.25) is 14.4 Å². The number of rotatable bonds is 6. The van der Waals surface area contributed by atoms with Crippen molar-refractivity contribution in [2.75, 3.05) is 16.7 Å². The summed E-state index contributed by atoms with van der Waals surface area (Å²) in [6.07, 6.45) is 0. The molecule has 0 fully saturated rings. The van der Waals surface area contributed by atoms with Gasteiger partial charge in [-0.05, 0) is 49.4 Å². The summed E-state index contributed by atoms with van der Waals surface area (Å²) in [5.41, 5.74) is 2.46. The van der Waals surface area contributed by atoms with Gasteiger partial charge < -0.3 is 0 Å². The number of hydrogen-bond acceptors (Lipinski definition) is 6. The fourth-order valence-electron chi connectivity index (χ4n) is 3.00. The van der Waals surface area contributed by atoms with Crippen molar-refractivity contribution in [1.29, 1.82) is 0 Å². The van der Waals surface area contributed by atoms with Crippen LogP contribution in [0.3, 0.4) is 0 Å². The average Bonchev–Trinajstić information content (AvgIpc) is 3.27. The van der Waals surface area contributed by atoms with Gasteiger partial charge in [0.15, 0.2) is 0 Å². The van der Waals surface area contributed by atoms with E-state index in [1.165, 1.54) is 24.5 Å². The number of anilines is 2. The second-order valence-electron chi connectivity index (χ2n) is 7.21. The third kappa shape index (κ3) is 5.05. The zero-order valence-corrected chi connectivity index (χ0v) is 20.1. The van der Waals surface area contributed by atoms with Gasteiger partial charge in [-0.1, -0.05) is 58.8 Å². The van der Waals surface area contributed by atoms with Crippen LogP contribution in [0.5, 0.6) is 0 Å². The molecule has 33 heavy (non-hydrogen) atoms. The molecule has 0 aliphatic heterocycles. The molecule has 0 atom stereocenters. The Bertz CT molecular complexity index is 1400. The lowest BCUT2D eigenvalue weighted by Crippen LogP contribution is -2.26. The van der Waals surface area contributed by atoms with Gasteiger partial charge in [0, 0.05) is 23.2 Å². The van der Waals surface area contributed by atoms with Gasteiger partial charge in [-0.25, -0.2) is 8.42 Å². The fraction of sp³-hybridized carbons (Fsp3) is 0.0870. The second kappa shape index (κ2) is 9.30. The van der Waals surface area contributed by atoms with Crippen molar-refractivity contribution < 1.29 is 13.2 Å². The quantitative estimate of drug-likeness (QED) is 0.392. The Morgan fingerprint density at radius 3 is 2.39 bits per heavy atom. The number of aryl methyl sites for hydroxylation is 1. The molecule has 1 N–H and O–H groups in total. The summed E-state index contributed by atoms with van der Waals surface area (Å²) in [7, 11) is -2.31. The lowest BCUT2D eigenvalue weighted by molar-refractivity contribution is 0.102. The predicted molar refractivity (Wildman–Crippen MR) is 132 cm³/mol. The molecule has 0 bridgehead atoms. The minimum atomic E-state index is -3.77. The zero-order valence-electron chi connectivity index (χ0n) is 17.7. The van der Waals surface area contributed by atoms with Crippen molar-refractivity contribution in [2.24, 2.45) is 0 Å². The highest BCUT2D eigenvalue weighted by Crippen LogP contribution is 2.28. The molecule has 0 radical (unpaired) electrons. The summed E-state index contributed by atoms with van der Waals surface area (Å²) < 4.78 is 27.1. The highest BCUT2D eigenvalue weighted by atomic mass is 35.5. The standard InChI is InChI=1S/C23H19ClN4O3S2/c1-15-6-12-20(13-7-15)33(30,31)28(2)19-5-3-4-17(14-19)21(29)25-23-27-26-22(32-23)16-8-10-18(24)11-9-16/h3-14H,1-2H3,(H,25,27,29). The molecule has 0 unspecified atom stereocenters. The van der Waals surface area contributed by atoms with E-state index in [4.69, 9.17) is 11.6 Å². The zero-order chi connectivity index (χ0) is 23.6. The number of carbonyl (C=O) groups is 1.